The molecule has 4 heterocycles. The summed E-state index contributed by atoms with van der Waals surface area (Å²) in [6.07, 6.45) is 15.0. The van der Waals surface area contributed by atoms with Gasteiger partial charge in [0.05, 0.1) is 25.3 Å². The molecule has 0 saturated heterocycles. The van der Waals surface area contributed by atoms with Gasteiger partial charge in [-0.3, -0.25) is 14.4 Å². The van der Waals surface area contributed by atoms with Gasteiger partial charge in [-0.15, -0.1) is 0 Å². The molecule has 4 aromatic heterocycles. The molecule has 0 unspecified atom stereocenters. The Balaban J connectivity index is 0.000000281. The van der Waals surface area contributed by atoms with Gasteiger partial charge >= 0.3 is 0 Å². The number of nitrogens with zero attached hydrogens (tertiary/aromatic N) is 4. The average molecular weight is 583 g/mol. The molecule has 0 spiro atoms. The fraction of sp³-hybridized carbons (Fsp3) is 0.448. The summed E-state index contributed by atoms with van der Waals surface area (Å²) in [6.45, 7) is 10.0. The second kappa shape index (κ2) is 18.8. The lowest BCUT2D eigenvalue weighted by molar-refractivity contribution is -0.125. The minimum atomic E-state index is -0.907. The van der Waals surface area contributed by atoms with E-state index >= 15 is 0 Å². The Kier molecular flexibility index (Phi) is 15.9. The predicted octanol–water partition coefficient (Wildman–Crippen LogP) is 2.94. The highest BCUT2D eigenvalue weighted by Crippen LogP contribution is 2.21. The Morgan fingerprint density at radius 3 is 1.55 bits per heavy atom. The van der Waals surface area contributed by atoms with Crippen LogP contribution in [0, 0.1) is 5.41 Å². The van der Waals surface area contributed by atoms with Gasteiger partial charge in [-0.2, -0.15) is 0 Å². The molecule has 0 fully saturated rings. The van der Waals surface area contributed by atoms with Crippen molar-refractivity contribution in [3.05, 3.63) is 72.9 Å². The van der Waals surface area contributed by atoms with E-state index in [4.69, 9.17) is 5.11 Å². The third kappa shape index (κ3) is 15.9. The number of hydrogen-bond acceptors (Lipinski definition) is 9. The molecule has 42 heavy (non-hydrogen) atoms. The van der Waals surface area contributed by atoms with Crippen LogP contribution in [-0.2, 0) is 44.9 Å². The molecule has 228 valence electrons. The SMILES string of the molecule is CC(=O)C(C)(C)Cc1cnc[nH]1.CC(=O)CCc1cnc[nH]1.CC(=O)Cc1cnc[nH]1.CC(=O)[C@@H](O)Cc1cnc[nH]1. The molecule has 13 heteroatoms. The molecule has 0 radical (unpaired) electrons. The van der Waals surface area contributed by atoms with E-state index < -0.39 is 6.10 Å². The smallest absolute Gasteiger partial charge is 0.158 e. The predicted molar refractivity (Wildman–Crippen MR) is 156 cm³/mol. The third-order valence-corrected chi connectivity index (χ3v) is 5.87. The van der Waals surface area contributed by atoms with Crippen LogP contribution in [-0.4, -0.2) is 74.2 Å². The number of imidazole rings is 4. The maximum absolute atomic E-state index is 11.2. The van der Waals surface area contributed by atoms with Crippen LogP contribution in [0.5, 0.6) is 0 Å². The first-order chi connectivity index (χ1) is 19.8. The molecule has 0 aliphatic rings. The van der Waals surface area contributed by atoms with E-state index in [1.165, 1.54) is 13.3 Å². The van der Waals surface area contributed by atoms with Crippen molar-refractivity contribution in [3.63, 3.8) is 0 Å². The van der Waals surface area contributed by atoms with Crippen molar-refractivity contribution >= 4 is 23.1 Å². The Hall–Kier alpha value is -4.52. The standard InChI is InChI=1S/C9H14N2O.C7H10N2O2.C7H10N2O.C6H8N2O/c1-7(12)9(2,3)4-8-5-10-6-11-8;1-5(10)7(11)2-6-3-8-4-9-6;1-6(10)2-3-7-4-8-5-9-7;1-5(9)2-6-3-7-4-8-6/h5-6H,4H2,1-3H3,(H,10,11);3-4,7,11H,2H2,1H3,(H,8,9);4-5H,2-3H2,1H3,(H,8,9);3-4H,2H2,1H3,(H,7,8)/t;7-;;/m.0../s1. The lowest BCUT2D eigenvalue weighted by Gasteiger charge is -2.19. The molecule has 0 aromatic carbocycles. The topological polar surface area (TPSA) is 203 Å². The van der Waals surface area contributed by atoms with Crippen molar-refractivity contribution < 1.29 is 24.3 Å². The number of Topliss-reactive ketones (excluding diaryl/α,β-unsaturated/α-hetero) is 4. The van der Waals surface area contributed by atoms with Crippen LogP contribution in [0.1, 0.15) is 70.7 Å². The zero-order valence-corrected chi connectivity index (χ0v) is 25.1. The van der Waals surface area contributed by atoms with Crippen molar-refractivity contribution in [3.8, 4) is 0 Å². The summed E-state index contributed by atoms with van der Waals surface area (Å²) in [6, 6.07) is 0. The summed E-state index contributed by atoms with van der Waals surface area (Å²) in [4.78, 5) is 69.5. The average Bonchev–Trinajstić information content (AvgIpc) is 3.73. The van der Waals surface area contributed by atoms with E-state index in [1.807, 2.05) is 13.8 Å². The minimum Gasteiger partial charge on any atom is -0.385 e. The maximum Gasteiger partial charge on any atom is 0.158 e. The van der Waals surface area contributed by atoms with E-state index in [1.54, 1.807) is 64.5 Å². The van der Waals surface area contributed by atoms with Crippen LogP contribution in [0.2, 0.25) is 0 Å². The minimum absolute atomic E-state index is 0.152. The third-order valence-electron chi connectivity index (χ3n) is 5.87. The normalized spacial score (nSPS) is 11.0. The number of aliphatic hydroxyl groups excluding tert-OH is 1. The number of aliphatic hydroxyl groups is 1. The van der Waals surface area contributed by atoms with Crippen molar-refractivity contribution in [1.29, 1.82) is 0 Å². The van der Waals surface area contributed by atoms with Crippen LogP contribution >= 0.6 is 0 Å². The molecule has 0 aliphatic heterocycles. The molecule has 13 nitrogen and oxygen atoms in total. The Bertz CT molecular complexity index is 1300. The van der Waals surface area contributed by atoms with Crippen molar-refractivity contribution in [1.82, 2.24) is 39.9 Å². The summed E-state index contributed by atoms with van der Waals surface area (Å²) < 4.78 is 0. The molecular weight excluding hydrogens is 540 g/mol. The van der Waals surface area contributed by atoms with Gasteiger partial charge in [0.25, 0.3) is 0 Å². The van der Waals surface area contributed by atoms with Crippen molar-refractivity contribution in [2.24, 2.45) is 5.41 Å². The van der Waals surface area contributed by atoms with Crippen LogP contribution in [0.3, 0.4) is 0 Å². The molecule has 0 bridgehead atoms. The van der Waals surface area contributed by atoms with Gasteiger partial charge in [0.1, 0.15) is 23.5 Å². The van der Waals surface area contributed by atoms with Gasteiger partial charge in [0.15, 0.2) is 5.78 Å². The summed E-state index contributed by atoms with van der Waals surface area (Å²) in [5, 5.41) is 9.10. The summed E-state index contributed by atoms with van der Waals surface area (Å²) >= 11 is 0. The van der Waals surface area contributed by atoms with Crippen LogP contribution in [0.4, 0.5) is 0 Å². The van der Waals surface area contributed by atoms with Gasteiger partial charge in [0.2, 0.25) is 0 Å². The quantitative estimate of drug-likeness (QED) is 0.176. The van der Waals surface area contributed by atoms with E-state index in [9.17, 15) is 19.2 Å². The lowest BCUT2D eigenvalue weighted by atomic mass is 9.84. The molecule has 0 aliphatic carbocycles. The Morgan fingerprint density at radius 1 is 0.714 bits per heavy atom. The number of aryl methyl sites for hydroxylation is 1. The molecule has 0 amide bonds. The summed E-state index contributed by atoms with van der Waals surface area (Å²) in [7, 11) is 0. The fourth-order valence-corrected chi connectivity index (χ4v) is 3.11. The molecule has 5 N–H and O–H groups in total. The zero-order valence-electron chi connectivity index (χ0n) is 25.1. The van der Waals surface area contributed by atoms with Gasteiger partial charge in [0, 0.05) is 78.7 Å². The van der Waals surface area contributed by atoms with Gasteiger partial charge < -0.3 is 29.8 Å². The monoisotopic (exact) mass is 582 g/mol. The number of aromatic amines is 4. The number of rotatable bonds is 11. The number of carbonyl (C=O) groups is 4. The zero-order chi connectivity index (χ0) is 31.5. The van der Waals surface area contributed by atoms with Crippen LogP contribution < -0.4 is 0 Å². The number of aromatic nitrogens is 8. The number of nitrogens with one attached hydrogen (secondary N) is 4. The first kappa shape index (κ1) is 35.5. The second-order valence-corrected chi connectivity index (χ2v) is 10.3. The molecule has 1 atom stereocenters. The van der Waals surface area contributed by atoms with Crippen LogP contribution in [0.25, 0.3) is 0 Å². The van der Waals surface area contributed by atoms with Gasteiger partial charge in [-0.05, 0) is 34.1 Å². The van der Waals surface area contributed by atoms with E-state index in [2.05, 4.69) is 39.9 Å². The maximum atomic E-state index is 11.2. The highest BCUT2D eigenvalue weighted by Gasteiger charge is 2.24. The van der Waals surface area contributed by atoms with Gasteiger partial charge in [-0.1, -0.05) is 13.8 Å². The summed E-state index contributed by atoms with van der Waals surface area (Å²) in [5.41, 5.74) is 3.40. The second-order valence-electron chi connectivity index (χ2n) is 10.3. The number of hydrogen-bond donors (Lipinski definition) is 5. The summed E-state index contributed by atoms with van der Waals surface area (Å²) in [5.74, 6) is 0.352. The molecular formula is C29H42N8O5. The lowest BCUT2D eigenvalue weighted by Crippen LogP contribution is -2.24. The van der Waals surface area contributed by atoms with Gasteiger partial charge in [-0.25, -0.2) is 19.9 Å². The fourth-order valence-electron chi connectivity index (χ4n) is 3.11. The Labute approximate surface area is 245 Å². The van der Waals surface area contributed by atoms with Crippen molar-refractivity contribution in [2.75, 3.05) is 0 Å². The number of carbonyl (C=O) groups excluding carboxylic acids is 4. The Morgan fingerprint density at radius 2 is 1.17 bits per heavy atom. The molecule has 4 aromatic rings. The van der Waals surface area contributed by atoms with E-state index in [0.717, 1.165) is 35.6 Å². The van der Waals surface area contributed by atoms with Crippen LogP contribution in [0.15, 0.2) is 50.1 Å². The van der Waals surface area contributed by atoms with E-state index in [-0.39, 0.29) is 28.5 Å². The van der Waals surface area contributed by atoms with Crippen molar-refractivity contribution in [2.45, 2.75) is 79.8 Å². The highest BCUT2D eigenvalue weighted by atomic mass is 16.3. The largest absolute Gasteiger partial charge is 0.385 e. The molecule has 4 rings (SSSR count). The number of H-pyrrole nitrogens is 4. The number of ketones is 4. The first-order valence-electron chi connectivity index (χ1n) is 13.4. The highest BCUT2D eigenvalue weighted by molar-refractivity contribution is 5.81. The first-order valence-corrected chi connectivity index (χ1v) is 13.4. The van der Waals surface area contributed by atoms with E-state index in [0.29, 0.717) is 19.3 Å². The molecule has 0 saturated carbocycles.